The third-order valence-corrected chi connectivity index (χ3v) is 2.90. The van der Waals surface area contributed by atoms with Gasteiger partial charge in [-0.15, -0.1) is 0 Å². The monoisotopic (exact) mass is 250 g/mol. The molecular formula is C14H22N2O2. The molecule has 1 aromatic carbocycles. The Morgan fingerprint density at radius 2 is 2.00 bits per heavy atom. The van der Waals surface area contributed by atoms with Crippen molar-refractivity contribution in [1.82, 2.24) is 5.32 Å². The molecular weight excluding hydrogens is 228 g/mol. The van der Waals surface area contributed by atoms with Crippen LogP contribution in [0, 0.1) is 0 Å². The van der Waals surface area contributed by atoms with Crippen molar-refractivity contribution in [3.05, 3.63) is 30.3 Å². The molecule has 0 radical (unpaired) electrons. The third-order valence-electron chi connectivity index (χ3n) is 2.90. The molecule has 4 nitrogen and oxygen atoms in total. The molecule has 0 aliphatic heterocycles. The second-order valence-electron chi connectivity index (χ2n) is 4.16. The summed E-state index contributed by atoms with van der Waals surface area (Å²) in [6.07, 6.45) is 0.796. The van der Waals surface area contributed by atoms with E-state index in [0.717, 1.165) is 12.1 Å². The fourth-order valence-corrected chi connectivity index (χ4v) is 1.91. The second kappa shape index (κ2) is 7.71. The van der Waals surface area contributed by atoms with Crippen molar-refractivity contribution in [2.75, 3.05) is 24.6 Å². The Bertz CT molecular complexity index is 350. The van der Waals surface area contributed by atoms with Gasteiger partial charge in [0.25, 0.3) is 0 Å². The van der Waals surface area contributed by atoms with E-state index >= 15 is 0 Å². The highest BCUT2D eigenvalue weighted by molar-refractivity contribution is 5.81. The number of nitrogens with one attached hydrogen (secondary N) is 1. The van der Waals surface area contributed by atoms with Gasteiger partial charge < -0.3 is 15.3 Å². The van der Waals surface area contributed by atoms with Crippen molar-refractivity contribution in [3.8, 4) is 0 Å². The molecule has 1 aromatic rings. The topological polar surface area (TPSA) is 52.6 Å². The van der Waals surface area contributed by atoms with Gasteiger partial charge in [-0.1, -0.05) is 25.1 Å². The highest BCUT2D eigenvalue weighted by atomic mass is 16.3. The summed E-state index contributed by atoms with van der Waals surface area (Å²) >= 11 is 0. The lowest BCUT2D eigenvalue weighted by Gasteiger charge is -2.31. The number of nitrogens with zero attached hydrogens (tertiary/aromatic N) is 1. The number of rotatable bonds is 7. The summed E-state index contributed by atoms with van der Waals surface area (Å²) in [5.74, 6) is -0.0201. The molecule has 0 aliphatic rings. The lowest BCUT2D eigenvalue weighted by Crippen LogP contribution is -2.44. The molecule has 1 amide bonds. The van der Waals surface area contributed by atoms with Crippen molar-refractivity contribution in [3.63, 3.8) is 0 Å². The summed E-state index contributed by atoms with van der Waals surface area (Å²) in [7, 11) is 0. The van der Waals surface area contributed by atoms with Gasteiger partial charge in [-0.25, -0.2) is 0 Å². The largest absolute Gasteiger partial charge is 0.394 e. The smallest absolute Gasteiger partial charge is 0.239 e. The van der Waals surface area contributed by atoms with Gasteiger partial charge >= 0.3 is 0 Å². The number of carbonyl (C=O) groups excluding carboxylic acids is 1. The predicted molar refractivity (Wildman–Crippen MR) is 73.6 cm³/mol. The summed E-state index contributed by atoms with van der Waals surface area (Å²) in [6, 6.07) is 9.69. The molecule has 0 heterocycles. The van der Waals surface area contributed by atoms with Gasteiger partial charge in [0.15, 0.2) is 0 Å². The predicted octanol–water partition coefficient (Wildman–Crippen LogP) is 1.40. The van der Waals surface area contributed by atoms with E-state index in [9.17, 15) is 9.90 Å². The molecule has 0 aromatic heterocycles. The maximum Gasteiger partial charge on any atom is 0.239 e. The fourth-order valence-electron chi connectivity index (χ4n) is 1.91. The third kappa shape index (κ3) is 4.04. The Morgan fingerprint density at radius 3 is 2.50 bits per heavy atom. The summed E-state index contributed by atoms with van der Waals surface area (Å²) in [5.41, 5.74) is 0.963. The number of benzene rings is 1. The van der Waals surface area contributed by atoms with Crippen molar-refractivity contribution in [2.24, 2.45) is 0 Å². The molecule has 0 bridgehead atoms. The Morgan fingerprint density at radius 1 is 1.33 bits per heavy atom. The van der Waals surface area contributed by atoms with Crippen LogP contribution < -0.4 is 10.2 Å². The van der Waals surface area contributed by atoms with E-state index < -0.39 is 0 Å². The standard InChI is InChI=1S/C14H22N2O2/c1-3-12(11-17)16(10-14(18)15-4-2)13-8-6-5-7-9-13/h5-9,12,17H,3-4,10-11H2,1-2H3,(H,15,18). The maximum atomic E-state index is 11.7. The number of likely N-dealkylation sites (N-methyl/N-ethyl adjacent to an activating group) is 1. The zero-order valence-electron chi connectivity index (χ0n) is 11.1. The van der Waals surface area contributed by atoms with Gasteiger partial charge in [0.2, 0.25) is 5.91 Å². The first kappa shape index (κ1) is 14.5. The number of carbonyl (C=O) groups is 1. The Labute approximate surface area is 109 Å². The lowest BCUT2D eigenvalue weighted by atomic mass is 10.1. The van der Waals surface area contributed by atoms with Crippen molar-refractivity contribution in [1.29, 1.82) is 0 Å². The zero-order valence-corrected chi connectivity index (χ0v) is 11.1. The fraction of sp³-hybridized carbons (Fsp3) is 0.500. The molecule has 0 aliphatic carbocycles. The second-order valence-corrected chi connectivity index (χ2v) is 4.16. The summed E-state index contributed by atoms with van der Waals surface area (Å²) in [5, 5.41) is 12.2. The first-order valence-electron chi connectivity index (χ1n) is 6.42. The van der Waals surface area contributed by atoms with Crippen LogP contribution >= 0.6 is 0 Å². The Balaban J connectivity index is 2.85. The summed E-state index contributed by atoms with van der Waals surface area (Å²) in [4.78, 5) is 13.7. The molecule has 1 rings (SSSR count). The van der Waals surface area contributed by atoms with Crippen molar-refractivity contribution in [2.45, 2.75) is 26.3 Å². The number of aliphatic hydroxyl groups is 1. The van der Waals surface area contributed by atoms with Crippen LogP contribution in [-0.4, -0.2) is 36.8 Å². The zero-order chi connectivity index (χ0) is 13.4. The molecule has 0 saturated carbocycles. The van der Waals surface area contributed by atoms with E-state index in [0.29, 0.717) is 6.54 Å². The summed E-state index contributed by atoms with van der Waals surface area (Å²) < 4.78 is 0. The SMILES string of the molecule is CCNC(=O)CN(c1ccccc1)C(CC)CO. The first-order valence-corrected chi connectivity index (χ1v) is 6.42. The van der Waals surface area contributed by atoms with Gasteiger partial charge in [0.1, 0.15) is 0 Å². The van der Waals surface area contributed by atoms with Gasteiger partial charge in [-0.2, -0.15) is 0 Å². The van der Waals surface area contributed by atoms with Crippen LogP contribution in [0.25, 0.3) is 0 Å². The van der Waals surface area contributed by atoms with Crippen LogP contribution in [0.2, 0.25) is 0 Å². The van der Waals surface area contributed by atoms with Crippen LogP contribution in [0.3, 0.4) is 0 Å². The number of aliphatic hydroxyl groups excluding tert-OH is 1. The molecule has 2 N–H and O–H groups in total. The quantitative estimate of drug-likeness (QED) is 0.769. The molecule has 0 saturated heterocycles. The summed E-state index contributed by atoms with van der Waals surface area (Å²) in [6.45, 7) is 4.85. The maximum absolute atomic E-state index is 11.7. The van der Waals surface area contributed by atoms with Crippen LogP contribution in [-0.2, 0) is 4.79 Å². The highest BCUT2D eigenvalue weighted by Gasteiger charge is 2.18. The van der Waals surface area contributed by atoms with E-state index in [1.54, 1.807) is 0 Å². The van der Waals surface area contributed by atoms with Gasteiger partial charge in [-0.3, -0.25) is 4.79 Å². The minimum atomic E-state index is -0.0324. The van der Waals surface area contributed by atoms with E-state index in [4.69, 9.17) is 0 Å². The van der Waals surface area contributed by atoms with Crippen molar-refractivity contribution < 1.29 is 9.90 Å². The van der Waals surface area contributed by atoms with Crippen molar-refractivity contribution >= 4 is 11.6 Å². The van der Waals surface area contributed by atoms with Gasteiger partial charge in [0.05, 0.1) is 19.2 Å². The van der Waals surface area contributed by atoms with Crippen LogP contribution in [0.1, 0.15) is 20.3 Å². The van der Waals surface area contributed by atoms with E-state index in [1.165, 1.54) is 0 Å². The number of hydrogen-bond acceptors (Lipinski definition) is 3. The van der Waals surface area contributed by atoms with Crippen LogP contribution in [0.4, 0.5) is 5.69 Å². The first-order chi connectivity index (χ1) is 8.72. The Kier molecular flexibility index (Phi) is 6.22. The Hall–Kier alpha value is -1.55. The molecule has 100 valence electrons. The van der Waals surface area contributed by atoms with E-state index in [-0.39, 0.29) is 25.1 Å². The average Bonchev–Trinajstić information content (AvgIpc) is 2.40. The molecule has 4 heteroatoms. The average molecular weight is 250 g/mol. The number of para-hydroxylation sites is 1. The molecule has 0 fully saturated rings. The molecule has 1 atom stereocenters. The molecule has 1 unspecified atom stereocenters. The normalized spacial score (nSPS) is 11.9. The van der Waals surface area contributed by atoms with E-state index in [1.807, 2.05) is 49.1 Å². The van der Waals surface area contributed by atoms with E-state index in [2.05, 4.69) is 5.32 Å². The van der Waals surface area contributed by atoms with Crippen LogP contribution in [0.5, 0.6) is 0 Å². The number of anilines is 1. The highest BCUT2D eigenvalue weighted by Crippen LogP contribution is 2.17. The molecule has 0 spiro atoms. The lowest BCUT2D eigenvalue weighted by molar-refractivity contribution is -0.119. The number of hydrogen-bond donors (Lipinski definition) is 2. The minimum absolute atomic E-state index is 0.0201. The number of amides is 1. The minimum Gasteiger partial charge on any atom is -0.394 e. The van der Waals surface area contributed by atoms with Gasteiger partial charge in [0, 0.05) is 12.2 Å². The van der Waals surface area contributed by atoms with Gasteiger partial charge in [-0.05, 0) is 25.5 Å². The van der Waals surface area contributed by atoms with Crippen LogP contribution in [0.15, 0.2) is 30.3 Å². The molecule has 18 heavy (non-hydrogen) atoms.